The second kappa shape index (κ2) is 15.5. The number of anilines is 1. The van der Waals surface area contributed by atoms with Crippen LogP contribution in [0.5, 0.6) is 6.01 Å². The van der Waals surface area contributed by atoms with E-state index in [0.29, 0.717) is 85.8 Å². The van der Waals surface area contributed by atoms with Crippen LogP contribution in [0.25, 0.3) is 32.9 Å². The summed E-state index contributed by atoms with van der Waals surface area (Å²) in [5.74, 6) is 5.68. The number of morpholine rings is 1. The summed E-state index contributed by atoms with van der Waals surface area (Å²) in [6.07, 6.45) is 4.41. The van der Waals surface area contributed by atoms with E-state index in [2.05, 4.69) is 36.6 Å². The number of amides is 1. The molecule has 0 bridgehead atoms. The van der Waals surface area contributed by atoms with Gasteiger partial charge in [-0.2, -0.15) is 9.97 Å². The Bertz CT molecular complexity index is 2090. The number of carbonyl (C=O) groups excluding carboxylic acids is 1. The molecule has 3 atom stereocenters. The first-order chi connectivity index (χ1) is 26.2. The lowest BCUT2D eigenvalue weighted by atomic mass is 9.91. The predicted molar refractivity (Wildman–Crippen MR) is 203 cm³/mol. The van der Waals surface area contributed by atoms with Crippen LogP contribution in [0.4, 0.5) is 14.6 Å². The van der Waals surface area contributed by atoms with Gasteiger partial charge in [0, 0.05) is 67.5 Å². The molecule has 4 aromatic rings. The fraction of sp³-hybridized carbons (Fsp3) is 0.500. The summed E-state index contributed by atoms with van der Waals surface area (Å²) in [5, 5.41) is 2.54. The number of fused-ring (bicyclic) bond motifs is 3. The number of pyridine rings is 1. The highest BCUT2D eigenvalue weighted by molar-refractivity contribution is 6.36. The summed E-state index contributed by atoms with van der Waals surface area (Å²) in [6, 6.07) is 11.7. The fourth-order valence-corrected chi connectivity index (χ4v) is 8.69. The van der Waals surface area contributed by atoms with E-state index in [0.717, 1.165) is 31.4 Å². The molecule has 5 saturated heterocycles. The molecule has 1 spiro atoms. The van der Waals surface area contributed by atoms with Gasteiger partial charge in [0.15, 0.2) is 5.82 Å². The van der Waals surface area contributed by atoms with E-state index in [9.17, 15) is 9.18 Å². The minimum atomic E-state index is -0.595. The third-order valence-corrected chi connectivity index (χ3v) is 11.6. The maximum absolute atomic E-state index is 16.4. The minimum absolute atomic E-state index is 0.0323. The first-order valence-electron chi connectivity index (χ1n) is 18.7. The number of alkyl halides is 1. The Kier molecular flexibility index (Phi) is 10.6. The summed E-state index contributed by atoms with van der Waals surface area (Å²) in [5.41, 5.74) is 0.212. The molecule has 2 aromatic carbocycles. The number of carbonyl (C=O) groups is 1. The van der Waals surface area contributed by atoms with Crippen molar-refractivity contribution in [3.63, 3.8) is 0 Å². The zero-order valence-electron chi connectivity index (χ0n) is 30.6. The van der Waals surface area contributed by atoms with Crippen molar-refractivity contribution >= 4 is 45.0 Å². The molecule has 0 aliphatic carbocycles. The molecule has 5 aliphatic rings. The minimum Gasteiger partial charge on any atom is -0.467 e. The van der Waals surface area contributed by atoms with E-state index in [-0.39, 0.29) is 29.2 Å². The molecular weight excluding hydrogens is 716 g/mol. The van der Waals surface area contributed by atoms with Gasteiger partial charge in [-0.15, -0.1) is 0 Å². The number of aromatic nitrogens is 3. The quantitative estimate of drug-likeness (QED) is 0.265. The van der Waals surface area contributed by atoms with Gasteiger partial charge in [0.25, 0.3) is 5.91 Å². The number of ether oxygens (including phenoxy) is 3. The Morgan fingerprint density at radius 2 is 1.87 bits per heavy atom. The lowest BCUT2D eigenvalue weighted by Crippen LogP contribution is -2.72. The lowest BCUT2D eigenvalue weighted by molar-refractivity contribution is -0.164. The summed E-state index contributed by atoms with van der Waals surface area (Å²) in [4.78, 5) is 35.3. The zero-order valence-corrected chi connectivity index (χ0v) is 31.3. The number of hydrogen-bond acceptors (Lipinski definition) is 10. The Balaban J connectivity index is 0.000000399. The maximum atomic E-state index is 16.4. The van der Waals surface area contributed by atoms with Crippen molar-refractivity contribution in [1.82, 2.24) is 29.7 Å². The first kappa shape index (κ1) is 36.8. The van der Waals surface area contributed by atoms with Crippen molar-refractivity contribution in [2.75, 3.05) is 84.3 Å². The van der Waals surface area contributed by atoms with Gasteiger partial charge >= 0.3 is 6.01 Å². The molecule has 2 aromatic heterocycles. The second-order valence-corrected chi connectivity index (χ2v) is 15.1. The van der Waals surface area contributed by atoms with Gasteiger partial charge in [0.2, 0.25) is 0 Å². The molecule has 5 fully saturated rings. The highest BCUT2D eigenvalue weighted by atomic mass is 35.5. The maximum Gasteiger partial charge on any atom is 0.318 e. The molecule has 14 heteroatoms. The molecule has 9 rings (SSSR count). The van der Waals surface area contributed by atoms with E-state index in [1.165, 1.54) is 20.0 Å². The molecular formula is C40H44ClF2N7O4. The second-order valence-electron chi connectivity index (χ2n) is 14.7. The lowest BCUT2D eigenvalue weighted by Gasteiger charge is -2.54. The molecule has 7 heterocycles. The highest BCUT2D eigenvalue weighted by Gasteiger charge is 2.50. The molecule has 284 valence electrons. The van der Waals surface area contributed by atoms with Crippen molar-refractivity contribution in [3.8, 4) is 29.1 Å². The van der Waals surface area contributed by atoms with Gasteiger partial charge in [0.1, 0.15) is 28.7 Å². The van der Waals surface area contributed by atoms with Crippen LogP contribution in [0.2, 0.25) is 5.02 Å². The average Bonchev–Trinajstić information content (AvgIpc) is 3.77. The van der Waals surface area contributed by atoms with E-state index in [4.69, 9.17) is 25.8 Å². The smallest absolute Gasteiger partial charge is 0.318 e. The van der Waals surface area contributed by atoms with Crippen molar-refractivity contribution in [1.29, 1.82) is 0 Å². The number of methoxy groups -OCH3 is 1. The Morgan fingerprint density at radius 3 is 2.61 bits per heavy atom. The fourth-order valence-electron chi connectivity index (χ4n) is 8.41. The van der Waals surface area contributed by atoms with Crippen LogP contribution >= 0.6 is 11.6 Å². The van der Waals surface area contributed by atoms with Gasteiger partial charge in [-0.1, -0.05) is 47.9 Å². The monoisotopic (exact) mass is 759 g/mol. The number of rotatable bonds is 4. The Labute approximate surface area is 318 Å². The van der Waals surface area contributed by atoms with E-state index in [1.807, 2.05) is 41.0 Å². The molecule has 11 nitrogen and oxygen atoms in total. The molecule has 1 amide bonds. The van der Waals surface area contributed by atoms with Crippen LogP contribution in [0, 0.1) is 17.7 Å². The van der Waals surface area contributed by atoms with Gasteiger partial charge in [-0.25, -0.2) is 8.78 Å². The molecule has 54 heavy (non-hydrogen) atoms. The average molecular weight is 760 g/mol. The van der Waals surface area contributed by atoms with E-state index in [1.54, 1.807) is 18.3 Å². The van der Waals surface area contributed by atoms with Crippen LogP contribution < -0.4 is 9.64 Å². The van der Waals surface area contributed by atoms with Crippen LogP contribution in [0.1, 0.15) is 26.2 Å². The molecule has 0 saturated carbocycles. The van der Waals surface area contributed by atoms with Gasteiger partial charge in [-0.3, -0.25) is 19.6 Å². The SMILES string of the molecule is COc1nc(N2CCN(C(=O)C#CC(C)N3CCOCC3)C3(COC3)C2)c2cnc(-c3cccc4cccc(Cl)c34)c(F)c2n1.FC1CC2CCCN2C1. The number of hydrogen-bond donors (Lipinski definition) is 0. The summed E-state index contributed by atoms with van der Waals surface area (Å²) < 4.78 is 45.5. The molecule has 0 radical (unpaired) electrons. The van der Waals surface area contributed by atoms with Crippen molar-refractivity contribution in [3.05, 3.63) is 53.4 Å². The van der Waals surface area contributed by atoms with Crippen molar-refractivity contribution < 1.29 is 27.8 Å². The van der Waals surface area contributed by atoms with Gasteiger partial charge in [0.05, 0.1) is 45.0 Å². The number of halogens is 3. The Hall–Kier alpha value is -4.19. The molecule has 0 N–H and O–H groups in total. The highest BCUT2D eigenvalue weighted by Crippen LogP contribution is 2.39. The molecule has 3 unspecified atom stereocenters. The first-order valence-corrected chi connectivity index (χ1v) is 19.1. The number of nitrogens with zero attached hydrogens (tertiary/aromatic N) is 7. The van der Waals surface area contributed by atoms with Crippen molar-refractivity contribution in [2.45, 2.75) is 50.0 Å². The van der Waals surface area contributed by atoms with Gasteiger partial charge < -0.3 is 24.0 Å². The topological polar surface area (TPSA) is 96.4 Å². The van der Waals surface area contributed by atoms with Crippen LogP contribution in [-0.4, -0.2) is 139 Å². The van der Waals surface area contributed by atoms with Crippen LogP contribution in [-0.2, 0) is 14.3 Å². The van der Waals surface area contributed by atoms with Crippen molar-refractivity contribution in [2.24, 2.45) is 0 Å². The summed E-state index contributed by atoms with van der Waals surface area (Å²) in [6.45, 7) is 8.81. The van der Waals surface area contributed by atoms with E-state index >= 15 is 4.39 Å². The third kappa shape index (κ3) is 7.06. The predicted octanol–water partition coefficient (Wildman–Crippen LogP) is 4.98. The normalized spacial score (nSPS) is 23.0. The number of benzene rings is 2. The van der Waals surface area contributed by atoms with Gasteiger partial charge in [-0.05, 0) is 50.1 Å². The summed E-state index contributed by atoms with van der Waals surface area (Å²) >= 11 is 6.55. The summed E-state index contributed by atoms with van der Waals surface area (Å²) in [7, 11) is 1.45. The van der Waals surface area contributed by atoms with E-state index < -0.39 is 17.5 Å². The standard InChI is InChI=1S/C33H32ClFN6O4.C7H12FN/c1-21(39-13-15-44-16-14-39)9-10-26(42)41-12-11-40(18-33(41)19-45-20-33)31-24-17-36-29(28(35)30(24)37-32(38-31)43-2)23-7-3-5-22-6-4-8-25(34)27(22)23;8-6-4-7-2-1-3-9(7)5-6/h3-8,17,21H,11-16,18-20H2,1-2H3;6-7H,1-5H2. The number of piperazine rings is 1. The van der Waals surface area contributed by atoms with Crippen LogP contribution in [0.15, 0.2) is 42.6 Å². The third-order valence-electron chi connectivity index (χ3n) is 11.3. The zero-order chi connectivity index (χ0) is 37.4. The Morgan fingerprint density at radius 1 is 1.07 bits per heavy atom. The molecule has 5 aliphatic heterocycles. The largest absolute Gasteiger partial charge is 0.467 e. The van der Waals surface area contributed by atoms with Crippen LogP contribution in [0.3, 0.4) is 0 Å².